The standard InChI is InChI=1S/C20H24N4O2/c1-14-5-7-16(8-6-14)20(26)23-22-15(2)13-19(25)21-17-9-11-18(12-10-17)24(3)4/h5-12H,13H2,1-4H3,(H,21,25)(H,23,26). The van der Waals surface area contributed by atoms with Crippen LogP contribution in [0, 0.1) is 6.92 Å². The number of aryl methyl sites for hydroxylation is 1. The third kappa shape index (κ3) is 5.73. The number of hydrogen-bond acceptors (Lipinski definition) is 4. The van der Waals surface area contributed by atoms with E-state index in [1.807, 2.05) is 62.3 Å². The van der Waals surface area contributed by atoms with Gasteiger partial charge in [-0.3, -0.25) is 9.59 Å². The van der Waals surface area contributed by atoms with Crippen LogP contribution in [0.3, 0.4) is 0 Å². The van der Waals surface area contributed by atoms with Gasteiger partial charge in [0.25, 0.3) is 5.91 Å². The number of anilines is 2. The van der Waals surface area contributed by atoms with E-state index in [2.05, 4.69) is 15.8 Å². The summed E-state index contributed by atoms with van der Waals surface area (Å²) in [5.74, 6) is -0.488. The minimum atomic E-state index is -0.302. The van der Waals surface area contributed by atoms with Crippen LogP contribution in [0.2, 0.25) is 0 Å². The third-order valence-electron chi connectivity index (χ3n) is 3.75. The van der Waals surface area contributed by atoms with Gasteiger partial charge in [-0.25, -0.2) is 5.43 Å². The number of carbonyl (C=O) groups is 2. The van der Waals surface area contributed by atoms with Crippen molar-refractivity contribution >= 4 is 28.9 Å². The smallest absolute Gasteiger partial charge is 0.271 e. The molecule has 136 valence electrons. The molecule has 2 aromatic rings. The van der Waals surface area contributed by atoms with E-state index in [1.165, 1.54) is 0 Å². The Hall–Kier alpha value is -3.15. The van der Waals surface area contributed by atoms with Crippen molar-refractivity contribution < 1.29 is 9.59 Å². The molecule has 0 fully saturated rings. The molecule has 0 aromatic heterocycles. The van der Waals surface area contributed by atoms with Crippen LogP contribution < -0.4 is 15.6 Å². The summed E-state index contributed by atoms with van der Waals surface area (Å²) in [5.41, 5.74) is 6.37. The van der Waals surface area contributed by atoms with Gasteiger partial charge in [-0.05, 0) is 50.2 Å². The fourth-order valence-electron chi connectivity index (χ4n) is 2.24. The minimum Gasteiger partial charge on any atom is -0.378 e. The molecule has 0 radical (unpaired) electrons. The molecular formula is C20H24N4O2. The van der Waals surface area contributed by atoms with Gasteiger partial charge in [0, 0.05) is 36.7 Å². The van der Waals surface area contributed by atoms with Gasteiger partial charge in [0.15, 0.2) is 0 Å². The molecule has 2 N–H and O–H groups in total. The van der Waals surface area contributed by atoms with Crippen molar-refractivity contribution in [1.29, 1.82) is 0 Å². The topological polar surface area (TPSA) is 73.8 Å². The summed E-state index contributed by atoms with van der Waals surface area (Å²) in [6.45, 7) is 3.65. The Morgan fingerprint density at radius 1 is 1.00 bits per heavy atom. The van der Waals surface area contributed by atoms with Gasteiger partial charge in [0.05, 0.1) is 6.42 Å². The van der Waals surface area contributed by atoms with Crippen LogP contribution in [-0.4, -0.2) is 31.6 Å². The SMILES string of the molecule is CC(CC(=O)Nc1ccc(N(C)C)cc1)=NNC(=O)c1ccc(C)cc1. The Morgan fingerprint density at radius 2 is 1.62 bits per heavy atom. The summed E-state index contributed by atoms with van der Waals surface area (Å²) in [7, 11) is 3.91. The zero-order valence-electron chi connectivity index (χ0n) is 15.5. The molecule has 0 unspecified atom stereocenters. The van der Waals surface area contributed by atoms with E-state index in [0.29, 0.717) is 11.3 Å². The minimum absolute atomic E-state index is 0.101. The first kappa shape index (κ1) is 19.2. The second kappa shape index (κ2) is 8.80. The van der Waals surface area contributed by atoms with E-state index in [9.17, 15) is 9.59 Å². The summed E-state index contributed by atoms with van der Waals surface area (Å²) in [6.07, 6.45) is 0.101. The third-order valence-corrected chi connectivity index (χ3v) is 3.75. The van der Waals surface area contributed by atoms with Crippen LogP contribution in [0.4, 0.5) is 11.4 Å². The molecule has 6 heteroatoms. The first-order chi connectivity index (χ1) is 12.3. The zero-order chi connectivity index (χ0) is 19.1. The summed E-state index contributed by atoms with van der Waals surface area (Å²) in [6, 6.07) is 14.7. The van der Waals surface area contributed by atoms with E-state index in [-0.39, 0.29) is 18.2 Å². The number of benzene rings is 2. The van der Waals surface area contributed by atoms with Crippen LogP contribution in [0.5, 0.6) is 0 Å². The van der Waals surface area contributed by atoms with Gasteiger partial charge < -0.3 is 10.2 Å². The number of hydrazone groups is 1. The number of nitrogens with zero attached hydrogens (tertiary/aromatic N) is 2. The normalized spacial score (nSPS) is 11.0. The maximum Gasteiger partial charge on any atom is 0.271 e. The molecule has 6 nitrogen and oxygen atoms in total. The number of hydrogen-bond donors (Lipinski definition) is 2. The van der Waals surface area contributed by atoms with Gasteiger partial charge in [-0.2, -0.15) is 5.10 Å². The van der Waals surface area contributed by atoms with Crippen LogP contribution >= 0.6 is 0 Å². The van der Waals surface area contributed by atoms with Gasteiger partial charge in [-0.15, -0.1) is 0 Å². The average molecular weight is 352 g/mol. The lowest BCUT2D eigenvalue weighted by molar-refractivity contribution is -0.115. The van der Waals surface area contributed by atoms with Crippen molar-refractivity contribution in [2.45, 2.75) is 20.3 Å². The van der Waals surface area contributed by atoms with E-state index in [0.717, 1.165) is 16.9 Å². The summed E-state index contributed by atoms with van der Waals surface area (Å²) < 4.78 is 0. The van der Waals surface area contributed by atoms with E-state index >= 15 is 0 Å². The van der Waals surface area contributed by atoms with Crippen LogP contribution in [0.1, 0.15) is 29.3 Å². The summed E-state index contributed by atoms with van der Waals surface area (Å²) >= 11 is 0. The first-order valence-electron chi connectivity index (χ1n) is 8.32. The lowest BCUT2D eigenvalue weighted by Gasteiger charge is -2.13. The van der Waals surface area contributed by atoms with Crippen molar-refractivity contribution in [1.82, 2.24) is 5.43 Å². The molecule has 0 saturated carbocycles. The lowest BCUT2D eigenvalue weighted by atomic mass is 10.1. The van der Waals surface area contributed by atoms with Crippen LogP contribution in [0.15, 0.2) is 53.6 Å². The van der Waals surface area contributed by atoms with Crippen LogP contribution in [0.25, 0.3) is 0 Å². The molecule has 0 bridgehead atoms. The maximum absolute atomic E-state index is 12.1. The Kier molecular flexibility index (Phi) is 6.49. The Labute approximate surface area is 153 Å². The van der Waals surface area contributed by atoms with Crippen LogP contribution in [-0.2, 0) is 4.79 Å². The van der Waals surface area contributed by atoms with Crippen molar-refractivity contribution in [2.75, 3.05) is 24.3 Å². The van der Waals surface area contributed by atoms with E-state index < -0.39 is 0 Å². The second-order valence-electron chi connectivity index (χ2n) is 6.32. The molecule has 0 spiro atoms. The highest BCUT2D eigenvalue weighted by Crippen LogP contribution is 2.15. The van der Waals surface area contributed by atoms with E-state index in [1.54, 1.807) is 19.1 Å². The lowest BCUT2D eigenvalue weighted by Crippen LogP contribution is -2.21. The second-order valence-corrected chi connectivity index (χ2v) is 6.32. The van der Waals surface area contributed by atoms with Gasteiger partial charge in [0.2, 0.25) is 5.91 Å². The largest absolute Gasteiger partial charge is 0.378 e. The van der Waals surface area contributed by atoms with Crippen molar-refractivity contribution in [3.8, 4) is 0 Å². The molecule has 2 aromatic carbocycles. The monoisotopic (exact) mass is 352 g/mol. The van der Waals surface area contributed by atoms with E-state index in [4.69, 9.17) is 0 Å². The predicted molar refractivity (Wildman–Crippen MR) is 106 cm³/mol. The molecule has 0 aliphatic rings. The Balaban J connectivity index is 1.86. The first-order valence-corrected chi connectivity index (χ1v) is 8.32. The highest BCUT2D eigenvalue weighted by atomic mass is 16.2. The predicted octanol–water partition coefficient (Wildman–Crippen LogP) is 3.20. The summed E-state index contributed by atoms with van der Waals surface area (Å²) in [4.78, 5) is 26.1. The van der Waals surface area contributed by atoms with Gasteiger partial charge in [0.1, 0.15) is 0 Å². The zero-order valence-corrected chi connectivity index (χ0v) is 15.5. The molecule has 2 rings (SSSR count). The van der Waals surface area contributed by atoms with Crippen molar-refractivity contribution in [3.05, 3.63) is 59.7 Å². The average Bonchev–Trinajstić information content (AvgIpc) is 2.60. The van der Waals surface area contributed by atoms with Gasteiger partial charge in [-0.1, -0.05) is 17.7 Å². The highest BCUT2D eigenvalue weighted by molar-refractivity contribution is 6.06. The highest BCUT2D eigenvalue weighted by Gasteiger charge is 2.07. The molecule has 0 atom stereocenters. The summed E-state index contributed by atoms with van der Waals surface area (Å²) in [5, 5.41) is 6.80. The van der Waals surface area contributed by atoms with Crippen molar-refractivity contribution in [3.63, 3.8) is 0 Å². The Bertz CT molecular complexity index is 794. The number of carbonyl (C=O) groups excluding carboxylic acids is 2. The molecule has 2 amide bonds. The van der Waals surface area contributed by atoms with Gasteiger partial charge >= 0.3 is 0 Å². The molecule has 0 heterocycles. The molecule has 0 saturated heterocycles. The number of rotatable bonds is 6. The quantitative estimate of drug-likeness (QED) is 0.619. The van der Waals surface area contributed by atoms with Crippen molar-refractivity contribution in [2.24, 2.45) is 5.10 Å². The fraction of sp³-hybridized carbons (Fsp3) is 0.250. The molecule has 0 aliphatic heterocycles. The fourth-order valence-corrected chi connectivity index (χ4v) is 2.24. The molecule has 0 aliphatic carbocycles. The number of nitrogens with one attached hydrogen (secondary N) is 2. The maximum atomic E-state index is 12.1. The molecular weight excluding hydrogens is 328 g/mol. The molecule has 26 heavy (non-hydrogen) atoms. The Morgan fingerprint density at radius 3 is 2.19 bits per heavy atom. The number of amides is 2.